The minimum Gasteiger partial charge on any atom is -0.466 e. The second kappa shape index (κ2) is 6.55. The SMILES string of the molecule is CCOC(=O)Cc1cc(C#N)c(C=O)c(CC)c1. The Labute approximate surface area is 106 Å². The van der Waals surface area contributed by atoms with Crippen LogP contribution in [0.25, 0.3) is 0 Å². The first-order valence-electron chi connectivity index (χ1n) is 5.82. The molecular weight excluding hydrogens is 230 g/mol. The Bertz CT molecular complexity index is 500. The van der Waals surface area contributed by atoms with Gasteiger partial charge in [-0.1, -0.05) is 13.0 Å². The summed E-state index contributed by atoms with van der Waals surface area (Å²) in [5, 5.41) is 9.01. The number of aldehydes is 1. The van der Waals surface area contributed by atoms with Gasteiger partial charge in [0.1, 0.15) is 0 Å². The molecule has 0 N–H and O–H groups in total. The van der Waals surface area contributed by atoms with Crippen LogP contribution in [0.15, 0.2) is 12.1 Å². The maximum atomic E-state index is 11.4. The third kappa shape index (κ3) is 3.17. The summed E-state index contributed by atoms with van der Waals surface area (Å²) < 4.78 is 4.86. The van der Waals surface area contributed by atoms with Crippen LogP contribution in [0.2, 0.25) is 0 Å². The second-order valence-corrected chi connectivity index (χ2v) is 3.78. The van der Waals surface area contributed by atoms with Crippen LogP contribution >= 0.6 is 0 Å². The molecule has 0 radical (unpaired) electrons. The molecule has 0 unspecified atom stereocenters. The maximum absolute atomic E-state index is 11.4. The van der Waals surface area contributed by atoms with Gasteiger partial charge in [0, 0.05) is 5.56 Å². The predicted octanol–water partition coefficient (Wildman–Crippen LogP) is 2.04. The number of aryl methyl sites for hydroxylation is 1. The summed E-state index contributed by atoms with van der Waals surface area (Å²) in [5.41, 5.74) is 2.20. The fraction of sp³-hybridized carbons (Fsp3) is 0.357. The molecule has 0 bridgehead atoms. The Morgan fingerprint density at radius 1 is 1.44 bits per heavy atom. The number of esters is 1. The summed E-state index contributed by atoms with van der Waals surface area (Å²) in [4.78, 5) is 22.4. The molecule has 0 spiro atoms. The number of nitrogens with zero attached hydrogens (tertiary/aromatic N) is 1. The van der Waals surface area contributed by atoms with Gasteiger partial charge in [-0.3, -0.25) is 9.59 Å². The van der Waals surface area contributed by atoms with Gasteiger partial charge in [-0.15, -0.1) is 0 Å². The summed E-state index contributed by atoms with van der Waals surface area (Å²) in [6.07, 6.45) is 1.44. The van der Waals surface area contributed by atoms with E-state index < -0.39 is 0 Å². The molecular formula is C14H15NO3. The van der Waals surface area contributed by atoms with E-state index in [4.69, 9.17) is 10.00 Å². The number of carbonyl (C=O) groups is 2. The van der Waals surface area contributed by atoms with E-state index in [0.29, 0.717) is 36.0 Å². The van der Waals surface area contributed by atoms with E-state index in [0.717, 1.165) is 5.56 Å². The third-order valence-corrected chi connectivity index (χ3v) is 2.60. The van der Waals surface area contributed by atoms with E-state index >= 15 is 0 Å². The average Bonchev–Trinajstić information content (AvgIpc) is 2.37. The number of benzene rings is 1. The number of hydrogen-bond donors (Lipinski definition) is 0. The molecule has 1 rings (SSSR count). The molecule has 0 saturated carbocycles. The van der Waals surface area contributed by atoms with Crippen molar-refractivity contribution in [2.24, 2.45) is 0 Å². The number of rotatable bonds is 5. The summed E-state index contributed by atoms with van der Waals surface area (Å²) in [7, 11) is 0. The van der Waals surface area contributed by atoms with Crippen molar-refractivity contribution in [3.05, 3.63) is 34.4 Å². The highest BCUT2D eigenvalue weighted by atomic mass is 16.5. The van der Waals surface area contributed by atoms with Crippen molar-refractivity contribution in [2.75, 3.05) is 6.61 Å². The molecule has 0 amide bonds. The molecule has 0 heterocycles. The topological polar surface area (TPSA) is 67.2 Å². The lowest BCUT2D eigenvalue weighted by atomic mass is 9.96. The zero-order valence-corrected chi connectivity index (χ0v) is 10.5. The molecule has 0 saturated heterocycles. The van der Waals surface area contributed by atoms with Crippen molar-refractivity contribution in [2.45, 2.75) is 26.7 Å². The molecule has 4 nitrogen and oxygen atoms in total. The van der Waals surface area contributed by atoms with Crippen LogP contribution < -0.4 is 0 Å². The molecule has 1 aromatic rings. The first kappa shape index (κ1) is 13.9. The Hall–Kier alpha value is -2.15. The normalized spacial score (nSPS) is 9.61. The van der Waals surface area contributed by atoms with E-state index in [-0.39, 0.29) is 12.4 Å². The number of carbonyl (C=O) groups excluding carboxylic acids is 2. The molecule has 4 heteroatoms. The summed E-state index contributed by atoms with van der Waals surface area (Å²) >= 11 is 0. The minimum absolute atomic E-state index is 0.120. The van der Waals surface area contributed by atoms with Gasteiger partial charge in [0.15, 0.2) is 6.29 Å². The van der Waals surface area contributed by atoms with Gasteiger partial charge in [0.05, 0.1) is 24.7 Å². The fourth-order valence-corrected chi connectivity index (χ4v) is 1.78. The van der Waals surface area contributed by atoms with Crippen LogP contribution in [-0.4, -0.2) is 18.9 Å². The predicted molar refractivity (Wildman–Crippen MR) is 66.3 cm³/mol. The van der Waals surface area contributed by atoms with Gasteiger partial charge in [0.25, 0.3) is 0 Å². The number of hydrogen-bond acceptors (Lipinski definition) is 4. The molecule has 1 aromatic carbocycles. The molecule has 0 atom stereocenters. The molecule has 0 aliphatic heterocycles. The summed E-state index contributed by atoms with van der Waals surface area (Å²) in [6, 6.07) is 5.33. The standard InChI is InChI=1S/C14H15NO3/c1-3-11-5-10(7-14(17)18-4-2)6-12(8-15)13(11)9-16/h5-6,9H,3-4,7H2,1-2H3. The summed E-state index contributed by atoms with van der Waals surface area (Å²) in [6.45, 7) is 3.97. The first-order chi connectivity index (χ1) is 8.65. The Kier molecular flexibility index (Phi) is 5.06. The largest absolute Gasteiger partial charge is 0.466 e. The van der Waals surface area contributed by atoms with Crippen LogP contribution in [0.3, 0.4) is 0 Å². The fourth-order valence-electron chi connectivity index (χ4n) is 1.78. The molecule has 0 aliphatic rings. The second-order valence-electron chi connectivity index (χ2n) is 3.78. The van der Waals surface area contributed by atoms with Crippen molar-refractivity contribution in [1.82, 2.24) is 0 Å². The first-order valence-corrected chi connectivity index (χ1v) is 5.82. The monoisotopic (exact) mass is 245 g/mol. The van der Waals surface area contributed by atoms with Crippen LogP contribution in [-0.2, 0) is 22.4 Å². The van der Waals surface area contributed by atoms with Crippen LogP contribution in [0.5, 0.6) is 0 Å². The average molecular weight is 245 g/mol. The smallest absolute Gasteiger partial charge is 0.310 e. The van der Waals surface area contributed by atoms with Gasteiger partial charge in [0.2, 0.25) is 0 Å². The molecule has 94 valence electrons. The lowest BCUT2D eigenvalue weighted by molar-refractivity contribution is -0.142. The summed E-state index contributed by atoms with van der Waals surface area (Å²) in [5.74, 6) is -0.331. The van der Waals surface area contributed by atoms with E-state index in [1.165, 1.54) is 0 Å². The number of ether oxygens (including phenoxy) is 1. The lowest BCUT2D eigenvalue weighted by Gasteiger charge is -2.08. The Morgan fingerprint density at radius 2 is 2.17 bits per heavy atom. The van der Waals surface area contributed by atoms with Gasteiger partial charge >= 0.3 is 5.97 Å². The quantitative estimate of drug-likeness (QED) is 0.588. The van der Waals surface area contributed by atoms with Crippen molar-refractivity contribution >= 4 is 12.3 Å². The van der Waals surface area contributed by atoms with Crippen molar-refractivity contribution < 1.29 is 14.3 Å². The van der Waals surface area contributed by atoms with Crippen LogP contribution in [0.4, 0.5) is 0 Å². The van der Waals surface area contributed by atoms with E-state index in [1.807, 2.05) is 13.0 Å². The van der Waals surface area contributed by atoms with Crippen molar-refractivity contribution in [3.63, 3.8) is 0 Å². The number of nitriles is 1. The zero-order chi connectivity index (χ0) is 13.5. The van der Waals surface area contributed by atoms with Crippen LogP contribution in [0.1, 0.15) is 40.9 Å². The van der Waals surface area contributed by atoms with E-state index in [9.17, 15) is 9.59 Å². The zero-order valence-electron chi connectivity index (χ0n) is 10.5. The van der Waals surface area contributed by atoms with Crippen molar-refractivity contribution in [3.8, 4) is 6.07 Å². The molecule has 18 heavy (non-hydrogen) atoms. The molecule has 0 aliphatic carbocycles. The highest BCUT2D eigenvalue weighted by molar-refractivity contribution is 5.82. The van der Waals surface area contributed by atoms with Gasteiger partial charge < -0.3 is 4.74 Å². The van der Waals surface area contributed by atoms with E-state index in [2.05, 4.69) is 0 Å². The van der Waals surface area contributed by atoms with Gasteiger partial charge in [-0.25, -0.2) is 0 Å². The minimum atomic E-state index is -0.331. The Balaban J connectivity index is 3.12. The van der Waals surface area contributed by atoms with Crippen molar-refractivity contribution in [1.29, 1.82) is 5.26 Å². The van der Waals surface area contributed by atoms with Gasteiger partial charge in [-0.2, -0.15) is 5.26 Å². The highest BCUT2D eigenvalue weighted by Gasteiger charge is 2.11. The van der Waals surface area contributed by atoms with E-state index in [1.54, 1.807) is 19.1 Å². The molecule has 0 fully saturated rings. The van der Waals surface area contributed by atoms with Crippen LogP contribution in [0, 0.1) is 11.3 Å². The lowest BCUT2D eigenvalue weighted by Crippen LogP contribution is -2.09. The maximum Gasteiger partial charge on any atom is 0.310 e. The molecule has 0 aromatic heterocycles. The highest BCUT2D eigenvalue weighted by Crippen LogP contribution is 2.17. The third-order valence-electron chi connectivity index (χ3n) is 2.60. The van der Waals surface area contributed by atoms with Gasteiger partial charge in [-0.05, 0) is 30.5 Å². The Morgan fingerprint density at radius 3 is 2.67 bits per heavy atom.